The fraction of sp³-hybridized carbons (Fsp3) is 0.500. The topological polar surface area (TPSA) is 83.6 Å². The zero-order valence-electron chi connectivity index (χ0n) is 11.3. The average Bonchev–Trinajstić information content (AvgIpc) is 3.08. The van der Waals surface area contributed by atoms with Gasteiger partial charge in [-0.1, -0.05) is 30.2 Å². The fourth-order valence-corrected chi connectivity index (χ4v) is 2.97. The van der Waals surface area contributed by atoms with Gasteiger partial charge in [0, 0.05) is 4.88 Å². The summed E-state index contributed by atoms with van der Waals surface area (Å²) < 4.78 is 0.683. The minimum absolute atomic E-state index is 0.0632. The molecule has 2 N–H and O–H groups in total. The third kappa shape index (κ3) is 3.55. The molecule has 0 aliphatic carbocycles. The van der Waals surface area contributed by atoms with Gasteiger partial charge in [0.15, 0.2) is 5.82 Å². The van der Waals surface area contributed by atoms with Crippen molar-refractivity contribution >= 4 is 28.8 Å². The van der Waals surface area contributed by atoms with Crippen LogP contribution in [0.4, 0.5) is 0 Å². The molecule has 2 aromatic rings. The van der Waals surface area contributed by atoms with Crippen LogP contribution in [-0.4, -0.2) is 26.5 Å². The molecule has 0 radical (unpaired) electrons. The van der Waals surface area contributed by atoms with Gasteiger partial charge >= 0.3 is 0 Å². The molecule has 2 rings (SSSR count). The van der Waals surface area contributed by atoms with E-state index in [2.05, 4.69) is 25.9 Å². The van der Waals surface area contributed by atoms with Gasteiger partial charge < -0.3 is 5.32 Å². The molecular weight excluding hydrogens is 298 g/mol. The minimum atomic E-state index is -0.251. The lowest BCUT2D eigenvalue weighted by Gasteiger charge is -2.17. The third-order valence-corrected chi connectivity index (χ3v) is 4.40. The van der Waals surface area contributed by atoms with Gasteiger partial charge in [0.05, 0.1) is 16.3 Å². The molecule has 0 aromatic carbocycles. The SMILES string of the molecule is CCC[C@H](NC(=O)[C@@H](C)c1ccc(Cl)s1)c1nn[nH]n1. The Hall–Kier alpha value is -1.47. The summed E-state index contributed by atoms with van der Waals surface area (Å²) in [7, 11) is 0. The minimum Gasteiger partial charge on any atom is -0.345 e. The van der Waals surface area contributed by atoms with Crippen molar-refractivity contribution in [2.45, 2.75) is 38.6 Å². The summed E-state index contributed by atoms with van der Waals surface area (Å²) in [6.45, 7) is 3.90. The summed E-state index contributed by atoms with van der Waals surface area (Å²) in [5, 5.41) is 16.8. The van der Waals surface area contributed by atoms with Crippen molar-refractivity contribution in [2.24, 2.45) is 0 Å². The van der Waals surface area contributed by atoms with Gasteiger partial charge in [-0.25, -0.2) is 0 Å². The maximum atomic E-state index is 12.3. The molecule has 0 saturated carbocycles. The van der Waals surface area contributed by atoms with Crippen LogP contribution in [0, 0.1) is 0 Å². The number of halogens is 1. The highest BCUT2D eigenvalue weighted by Gasteiger charge is 2.23. The number of hydrogen-bond donors (Lipinski definition) is 2. The maximum absolute atomic E-state index is 12.3. The second kappa shape index (κ2) is 6.81. The Kier molecular flexibility index (Phi) is 5.08. The number of hydrogen-bond acceptors (Lipinski definition) is 5. The molecule has 0 aliphatic rings. The third-order valence-electron chi connectivity index (χ3n) is 2.98. The number of aromatic amines is 1. The largest absolute Gasteiger partial charge is 0.345 e. The van der Waals surface area contributed by atoms with Crippen LogP contribution >= 0.6 is 22.9 Å². The van der Waals surface area contributed by atoms with Gasteiger partial charge in [-0.15, -0.1) is 21.5 Å². The van der Waals surface area contributed by atoms with Gasteiger partial charge in [0.25, 0.3) is 0 Å². The molecule has 2 aromatic heterocycles. The van der Waals surface area contributed by atoms with Crippen molar-refractivity contribution in [2.75, 3.05) is 0 Å². The molecule has 20 heavy (non-hydrogen) atoms. The first kappa shape index (κ1) is 14.9. The zero-order chi connectivity index (χ0) is 14.5. The molecule has 108 valence electrons. The summed E-state index contributed by atoms with van der Waals surface area (Å²) >= 11 is 7.32. The van der Waals surface area contributed by atoms with E-state index in [1.807, 2.05) is 19.9 Å². The van der Waals surface area contributed by atoms with E-state index in [4.69, 9.17) is 11.6 Å². The fourth-order valence-electron chi connectivity index (χ4n) is 1.86. The summed E-state index contributed by atoms with van der Waals surface area (Å²) in [5.74, 6) is 0.196. The Morgan fingerprint density at radius 1 is 1.55 bits per heavy atom. The lowest BCUT2D eigenvalue weighted by Crippen LogP contribution is -2.32. The highest BCUT2D eigenvalue weighted by molar-refractivity contribution is 7.16. The molecule has 0 aliphatic heterocycles. The first-order valence-electron chi connectivity index (χ1n) is 6.40. The molecular formula is C12H16ClN5OS. The summed E-state index contributed by atoms with van der Waals surface area (Å²) in [6, 6.07) is 3.46. The zero-order valence-corrected chi connectivity index (χ0v) is 12.8. The number of carbonyl (C=O) groups excluding carboxylic acids is 1. The van der Waals surface area contributed by atoms with Crippen molar-refractivity contribution in [1.29, 1.82) is 0 Å². The van der Waals surface area contributed by atoms with Gasteiger partial charge in [-0.2, -0.15) is 5.21 Å². The summed E-state index contributed by atoms with van der Waals surface area (Å²) in [6.07, 6.45) is 1.68. The Bertz CT molecular complexity index is 556. The molecule has 0 bridgehead atoms. The van der Waals surface area contributed by atoms with Gasteiger partial charge in [0.2, 0.25) is 5.91 Å². The number of nitrogens with zero attached hydrogens (tertiary/aromatic N) is 3. The monoisotopic (exact) mass is 313 g/mol. The van der Waals surface area contributed by atoms with Crippen LogP contribution in [0.15, 0.2) is 12.1 Å². The molecule has 2 heterocycles. The summed E-state index contributed by atoms with van der Waals surface area (Å²) in [4.78, 5) is 13.2. The molecule has 8 heteroatoms. The molecule has 0 fully saturated rings. The van der Waals surface area contributed by atoms with Crippen molar-refractivity contribution in [3.63, 3.8) is 0 Å². The smallest absolute Gasteiger partial charge is 0.228 e. The lowest BCUT2D eigenvalue weighted by atomic mass is 10.1. The number of aromatic nitrogens is 4. The van der Waals surface area contributed by atoms with E-state index in [0.717, 1.165) is 17.7 Å². The first-order valence-corrected chi connectivity index (χ1v) is 7.60. The lowest BCUT2D eigenvalue weighted by molar-refractivity contribution is -0.123. The van der Waals surface area contributed by atoms with E-state index in [9.17, 15) is 4.79 Å². The van der Waals surface area contributed by atoms with Crippen LogP contribution < -0.4 is 5.32 Å². The number of thiophene rings is 1. The van der Waals surface area contributed by atoms with Crippen LogP contribution in [0.3, 0.4) is 0 Å². The number of nitrogens with one attached hydrogen (secondary N) is 2. The molecule has 0 saturated heterocycles. The van der Waals surface area contributed by atoms with Crippen molar-refractivity contribution < 1.29 is 4.79 Å². The van der Waals surface area contributed by atoms with Crippen LogP contribution in [0.5, 0.6) is 0 Å². The van der Waals surface area contributed by atoms with Crippen LogP contribution in [-0.2, 0) is 4.79 Å². The molecule has 2 atom stereocenters. The number of amides is 1. The van der Waals surface area contributed by atoms with E-state index in [1.165, 1.54) is 11.3 Å². The Balaban J connectivity index is 2.04. The highest BCUT2D eigenvalue weighted by Crippen LogP contribution is 2.28. The van der Waals surface area contributed by atoms with E-state index in [-0.39, 0.29) is 17.9 Å². The van der Waals surface area contributed by atoms with Crippen molar-refractivity contribution in [3.8, 4) is 0 Å². The van der Waals surface area contributed by atoms with Gasteiger partial charge in [-0.3, -0.25) is 4.79 Å². The van der Waals surface area contributed by atoms with Crippen molar-refractivity contribution in [3.05, 3.63) is 27.2 Å². The first-order chi connectivity index (χ1) is 9.61. The van der Waals surface area contributed by atoms with Crippen molar-refractivity contribution in [1.82, 2.24) is 25.9 Å². The number of tetrazole rings is 1. The standard InChI is InChI=1S/C12H16ClN5OS/c1-3-4-8(11-15-17-18-16-11)14-12(19)7(2)9-5-6-10(13)20-9/h5-8H,3-4H2,1-2H3,(H,14,19)(H,15,16,17,18)/t7-,8-/m0/s1. The Morgan fingerprint density at radius 2 is 2.35 bits per heavy atom. The number of H-pyrrole nitrogens is 1. The van der Waals surface area contributed by atoms with Gasteiger partial charge in [-0.05, 0) is 25.5 Å². The van der Waals surface area contributed by atoms with E-state index in [0.29, 0.717) is 10.2 Å². The van der Waals surface area contributed by atoms with Gasteiger partial charge in [0.1, 0.15) is 0 Å². The number of carbonyl (C=O) groups is 1. The molecule has 6 nitrogen and oxygen atoms in total. The second-order valence-corrected chi connectivity index (χ2v) is 6.23. The molecule has 1 amide bonds. The van der Waals surface area contributed by atoms with Crippen LogP contribution in [0.25, 0.3) is 0 Å². The van der Waals surface area contributed by atoms with Crippen LogP contribution in [0.2, 0.25) is 4.34 Å². The Labute approximate surface area is 125 Å². The predicted octanol–water partition coefficient (Wildman–Crippen LogP) is 2.68. The highest BCUT2D eigenvalue weighted by atomic mass is 35.5. The van der Waals surface area contributed by atoms with E-state index < -0.39 is 0 Å². The Morgan fingerprint density at radius 3 is 2.90 bits per heavy atom. The van der Waals surface area contributed by atoms with Crippen LogP contribution in [0.1, 0.15) is 49.4 Å². The van der Waals surface area contributed by atoms with E-state index in [1.54, 1.807) is 6.07 Å². The molecule has 0 spiro atoms. The maximum Gasteiger partial charge on any atom is 0.228 e. The van der Waals surface area contributed by atoms with E-state index >= 15 is 0 Å². The quantitative estimate of drug-likeness (QED) is 0.858. The summed E-state index contributed by atoms with van der Waals surface area (Å²) in [5.41, 5.74) is 0. The molecule has 0 unspecified atom stereocenters. The average molecular weight is 314 g/mol. The second-order valence-electron chi connectivity index (χ2n) is 4.48. The predicted molar refractivity (Wildman–Crippen MR) is 77.7 cm³/mol. The normalized spacial score (nSPS) is 13.9. The number of rotatable bonds is 6.